The minimum absolute atomic E-state index is 0.649. The van der Waals surface area contributed by atoms with Crippen LogP contribution in [-0.4, -0.2) is 50.1 Å². The molecule has 0 radical (unpaired) electrons. The Morgan fingerprint density at radius 1 is 1.57 bits per heavy atom. The van der Waals surface area contributed by atoms with Gasteiger partial charge in [-0.25, -0.2) is 0 Å². The molecule has 0 saturated carbocycles. The van der Waals surface area contributed by atoms with Crippen molar-refractivity contribution in [1.82, 2.24) is 10.2 Å². The van der Waals surface area contributed by atoms with Gasteiger partial charge in [0, 0.05) is 19.1 Å². The number of hydrogen-bond donors (Lipinski definition) is 1. The Hall–Kier alpha value is 0.0100. The SMILES string of the molecule is C=C(CNC)CN(C)C(C)CCSC. The molecule has 0 aromatic heterocycles. The molecule has 0 bridgehead atoms. The topological polar surface area (TPSA) is 15.3 Å². The second-order valence-electron chi connectivity index (χ2n) is 3.83. The van der Waals surface area contributed by atoms with E-state index in [4.69, 9.17) is 0 Å². The van der Waals surface area contributed by atoms with Gasteiger partial charge >= 0.3 is 0 Å². The summed E-state index contributed by atoms with van der Waals surface area (Å²) in [7, 11) is 4.13. The summed E-state index contributed by atoms with van der Waals surface area (Å²) in [5, 5.41) is 3.12. The van der Waals surface area contributed by atoms with Crippen LogP contribution in [0.3, 0.4) is 0 Å². The zero-order valence-electron chi connectivity index (χ0n) is 9.97. The molecule has 3 heteroatoms. The zero-order chi connectivity index (χ0) is 11.0. The van der Waals surface area contributed by atoms with E-state index in [1.165, 1.54) is 17.7 Å². The molecule has 0 aliphatic heterocycles. The molecular formula is C11H24N2S. The molecule has 0 aliphatic rings. The van der Waals surface area contributed by atoms with Crippen LogP contribution in [0.15, 0.2) is 12.2 Å². The highest BCUT2D eigenvalue weighted by atomic mass is 32.2. The summed E-state index contributed by atoms with van der Waals surface area (Å²) in [4.78, 5) is 2.37. The van der Waals surface area contributed by atoms with E-state index in [2.05, 4.69) is 37.0 Å². The smallest absolute Gasteiger partial charge is 0.0202 e. The second-order valence-corrected chi connectivity index (χ2v) is 4.81. The van der Waals surface area contributed by atoms with E-state index in [0.29, 0.717) is 6.04 Å². The fourth-order valence-electron chi connectivity index (χ4n) is 1.32. The maximum Gasteiger partial charge on any atom is 0.0202 e. The molecule has 0 amide bonds. The molecule has 2 nitrogen and oxygen atoms in total. The molecule has 0 heterocycles. The lowest BCUT2D eigenvalue weighted by atomic mass is 10.2. The molecule has 0 fully saturated rings. The summed E-state index contributed by atoms with van der Waals surface area (Å²) in [6.07, 6.45) is 3.41. The van der Waals surface area contributed by atoms with Crippen LogP contribution in [0.5, 0.6) is 0 Å². The predicted molar refractivity (Wildman–Crippen MR) is 68.2 cm³/mol. The van der Waals surface area contributed by atoms with Crippen LogP contribution in [0.4, 0.5) is 0 Å². The first kappa shape index (κ1) is 14.0. The molecule has 84 valence electrons. The highest BCUT2D eigenvalue weighted by Gasteiger charge is 2.08. The van der Waals surface area contributed by atoms with Gasteiger partial charge in [-0.05, 0) is 45.0 Å². The van der Waals surface area contributed by atoms with Gasteiger partial charge in [0.1, 0.15) is 0 Å². The molecule has 0 spiro atoms. The van der Waals surface area contributed by atoms with Crippen LogP contribution in [0, 0.1) is 0 Å². The Morgan fingerprint density at radius 2 is 2.21 bits per heavy atom. The van der Waals surface area contributed by atoms with E-state index in [0.717, 1.165) is 13.1 Å². The van der Waals surface area contributed by atoms with Gasteiger partial charge in [-0.3, -0.25) is 4.90 Å². The Morgan fingerprint density at radius 3 is 2.71 bits per heavy atom. The minimum atomic E-state index is 0.649. The number of rotatable bonds is 8. The Labute approximate surface area is 93.1 Å². The summed E-state index contributed by atoms with van der Waals surface area (Å²) in [5.74, 6) is 1.24. The number of nitrogens with one attached hydrogen (secondary N) is 1. The zero-order valence-corrected chi connectivity index (χ0v) is 10.8. The van der Waals surface area contributed by atoms with Crippen LogP contribution in [0.2, 0.25) is 0 Å². The third-order valence-electron chi connectivity index (χ3n) is 2.39. The average molecular weight is 216 g/mol. The fraction of sp³-hybridized carbons (Fsp3) is 0.818. The van der Waals surface area contributed by atoms with Gasteiger partial charge in [0.2, 0.25) is 0 Å². The molecule has 0 aliphatic carbocycles. The van der Waals surface area contributed by atoms with Crippen LogP contribution in [0.1, 0.15) is 13.3 Å². The van der Waals surface area contributed by atoms with Crippen molar-refractivity contribution in [2.24, 2.45) is 0 Å². The summed E-state index contributed by atoms with van der Waals surface area (Å²) in [6, 6.07) is 0.649. The van der Waals surface area contributed by atoms with Crippen LogP contribution in [-0.2, 0) is 0 Å². The number of thioether (sulfide) groups is 1. The highest BCUT2D eigenvalue weighted by Crippen LogP contribution is 2.07. The van der Waals surface area contributed by atoms with E-state index in [9.17, 15) is 0 Å². The first-order chi connectivity index (χ1) is 6.61. The fourth-order valence-corrected chi connectivity index (χ4v) is 1.90. The maximum atomic E-state index is 4.04. The Bertz CT molecular complexity index is 159. The third-order valence-corrected chi connectivity index (χ3v) is 3.04. The van der Waals surface area contributed by atoms with Crippen molar-refractivity contribution in [1.29, 1.82) is 0 Å². The van der Waals surface area contributed by atoms with Gasteiger partial charge in [0.15, 0.2) is 0 Å². The van der Waals surface area contributed by atoms with E-state index >= 15 is 0 Å². The molecule has 0 aromatic carbocycles. The highest BCUT2D eigenvalue weighted by molar-refractivity contribution is 7.98. The monoisotopic (exact) mass is 216 g/mol. The van der Waals surface area contributed by atoms with Gasteiger partial charge in [-0.2, -0.15) is 11.8 Å². The van der Waals surface area contributed by atoms with Crippen molar-refractivity contribution >= 4 is 11.8 Å². The molecule has 1 unspecified atom stereocenters. The summed E-state index contributed by atoms with van der Waals surface area (Å²) < 4.78 is 0. The predicted octanol–water partition coefficient (Wildman–Crippen LogP) is 1.84. The van der Waals surface area contributed by atoms with E-state index in [-0.39, 0.29) is 0 Å². The standard InChI is InChI=1S/C11H24N2S/c1-10(8-12-3)9-13(4)11(2)6-7-14-5/h11-12H,1,6-9H2,2-5H3. The minimum Gasteiger partial charge on any atom is -0.316 e. The van der Waals surface area contributed by atoms with Crippen LogP contribution >= 0.6 is 11.8 Å². The molecule has 0 rings (SSSR count). The maximum absolute atomic E-state index is 4.04. The quantitative estimate of drug-likeness (QED) is 0.623. The Balaban J connectivity index is 3.70. The van der Waals surface area contributed by atoms with Crippen LogP contribution < -0.4 is 5.32 Å². The van der Waals surface area contributed by atoms with Crippen molar-refractivity contribution in [3.63, 3.8) is 0 Å². The Kier molecular flexibility index (Phi) is 8.34. The van der Waals surface area contributed by atoms with E-state index < -0.39 is 0 Å². The van der Waals surface area contributed by atoms with Crippen molar-refractivity contribution in [2.75, 3.05) is 39.2 Å². The third kappa shape index (κ3) is 6.46. The lowest BCUT2D eigenvalue weighted by Crippen LogP contribution is -2.32. The second kappa shape index (κ2) is 8.33. The van der Waals surface area contributed by atoms with Gasteiger partial charge in [-0.15, -0.1) is 0 Å². The van der Waals surface area contributed by atoms with Crippen molar-refractivity contribution in [2.45, 2.75) is 19.4 Å². The van der Waals surface area contributed by atoms with Crippen molar-refractivity contribution in [3.8, 4) is 0 Å². The molecule has 0 saturated heterocycles. The average Bonchev–Trinajstić information content (AvgIpc) is 2.14. The lowest BCUT2D eigenvalue weighted by Gasteiger charge is -2.25. The van der Waals surface area contributed by atoms with Gasteiger partial charge < -0.3 is 5.32 Å². The van der Waals surface area contributed by atoms with E-state index in [1.807, 2.05) is 18.8 Å². The van der Waals surface area contributed by atoms with Gasteiger partial charge in [-0.1, -0.05) is 6.58 Å². The van der Waals surface area contributed by atoms with Crippen molar-refractivity contribution < 1.29 is 0 Å². The summed E-state index contributed by atoms with van der Waals surface area (Å²) >= 11 is 1.92. The summed E-state index contributed by atoms with van der Waals surface area (Å²) in [6.45, 7) is 8.23. The molecule has 0 aromatic rings. The lowest BCUT2D eigenvalue weighted by molar-refractivity contribution is 0.272. The number of likely N-dealkylation sites (N-methyl/N-ethyl adjacent to an activating group) is 2. The van der Waals surface area contributed by atoms with Crippen LogP contribution in [0.25, 0.3) is 0 Å². The van der Waals surface area contributed by atoms with Gasteiger partial charge in [0.05, 0.1) is 0 Å². The first-order valence-electron chi connectivity index (χ1n) is 5.12. The number of hydrogen-bond acceptors (Lipinski definition) is 3. The first-order valence-corrected chi connectivity index (χ1v) is 6.51. The molecule has 1 atom stereocenters. The molecule has 1 N–H and O–H groups in total. The largest absolute Gasteiger partial charge is 0.316 e. The normalized spacial score (nSPS) is 13.2. The van der Waals surface area contributed by atoms with Crippen molar-refractivity contribution in [3.05, 3.63) is 12.2 Å². The number of nitrogens with zero attached hydrogens (tertiary/aromatic N) is 1. The van der Waals surface area contributed by atoms with Gasteiger partial charge in [0.25, 0.3) is 0 Å². The molecular weight excluding hydrogens is 192 g/mol. The molecule has 14 heavy (non-hydrogen) atoms. The van der Waals surface area contributed by atoms with E-state index in [1.54, 1.807) is 0 Å². The summed E-state index contributed by atoms with van der Waals surface area (Å²) in [5.41, 5.74) is 1.26.